The Bertz CT molecular complexity index is 425. The molecule has 124 valence electrons. The summed E-state index contributed by atoms with van der Waals surface area (Å²) in [4.78, 5) is 25.5. The lowest BCUT2D eigenvalue weighted by atomic mass is 10.2. The Morgan fingerprint density at radius 3 is 2.00 bits per heavy atom. The van der Waals surface area contributed by atoms with E-state index < -0.39 is 17.7 Å². The summed E-state index contributed by atoms with van der Waals surface area (Å²) in [6.45, 7) is 5.47. The van der Waals surface area contributed by atoms with Crippen molar-refractivity contribution >= 4 is 11.9 Å². The molecule has 0 aromatic carbocycles. The maximum atomic E-state index is 11.8. The van der Waals surface area contributed by atoms with E-state index in [2.05, 4.69) is 0 Å². The minimum absolute atomic E-state index is 0.131. The second-order valence-electron chi connectivity index (χ2n) is 5.12. The smallest absolute Gasteiger partial charge is 0.348 e. The van der Waals surface area contributed by atoms with Crippen LogP contribution in [0.2, 0.25) is 0 Å². The Hall–Kier alpha value is -1.86. The molecule has 1 aliphatic heterocycles. The van der Waals surface area contributed by atoms with Gasteiger partial charge in [-0.25, -0.2) is 9.59 Å². The minimum Gasteiger partial charge on any atom is -0.419 e. The molecule has 0 N–H and O–H groups in total. The number of ether oxygens (including phenoxy) is 4. The largest absolute Gasteiger partial charge is 0.419 e. The normalized spacial score (nSPS) is 17.4. The van der Waals surface area contributed by atoms with E-state index in [4.69, 9.17) is 18.9 Å². The van der Waals surface area contributed by atoms with Gasteiger partial charge >= 0.3 is 11.9 Å². The number of hydrogen-bond donors (Lipinski definition) is 0. The van der Waals surface area contributed by atoms with E-state index in [0.29, 0.717) is 26.3 Å². The Kier molecular flexibility index (Phi) is 7.07. The van der Waals surface area contributed by atoms with Crippen LogP contribution >= 0.6 is 0 Å². The fourth-order valence-electron chi connectivity index (χ4n) is 1.74. The number of methoxy groups -OCH3 is 2. The number of allylic oxidation sites excluding steroid dienone is 2. The lowest BCUT2D eigenvalue weighted by molar-refractivity contribution is -0.222. The molecule has 0 saturated carbocycles. The molecule has 22 heavy (non-hydrogen) atoms. The summed E-state index contributed by atoms with van der Waals surface area (Å²) in [6.07, 6.45) is 4.74. The fourth-order valence-corrected chi connectivity index (χ4v) is 1.74. The van der Waals surface area contributed by atoms with Crippen molar-refractivity contribution in [3.8, 4) is 0 Å². The van der Waals surface area contributed by atoms with Crippen molar-refractivity contribution in [2.45, 2.75) is 19.6 Å². The molecule has 0 aromatic rings. The van der Waals surface area contributed by atoms with Crippen molar-refractivity contribution in [3.63, 3.8) is 0 Å². The van der Waals surface area contributed by atoms with E-state index in [1.165, 1.54) is 19.9 Å². The van der Waals surface area contributed by atoms with Gasteiger partial charge in [0.1, 0.15) is 5.57 Å². The van der Waals surface area contributed by atoms with Crippen molar-refractivity contribution in [1.82, 2.24) is 4.90 Å². The average Bonchev–Trinajstić information content (AvgIpc) is 2.42. The molecular formula is C15H23NO6. The molecule has 0 bridgehead atoms. The third-order valence-electron chi connectivity index (χ3n) is 2.84. The van der Waals surface area contributed by atoms with Crippen LogP contribution in [0.1, 0.15) is 13.8 Å². The van der Waals surface area contributed by atoms with Crippen molar-refractivity contribution in [3.05, 3.63) is 23.9 Å². The second kappa shape index (κ2) is 8.55. The lowest BCUT2D eigenvalue weighted by Crippen LogP contribution is -2.41. The highest BCUT2D eigenvalue weighted by atomic mass is 16.7. The second-order valence-corrected chi connectivity index (χ2v) is 5.12. The van der Waals surface area contributed by atoms with Gasteiger partial charge in [-0.1, -0.05) is 0 Å². The molecule has 0 aromatic heterocycles. The topological polar surface area (TPSA) is 74.3 Å². The lowest BCUT2D eigenvalue weighted by Gasteiger charge is -2.29. The average molecular weight is 313 g/mol. The van der Waals surface area contributed by atoms with E-state index >= 15 is 0 Å². The maximum absolute atomic E-state index is 11.8. The van der Waals surface area contributed by atoms with Crippen molar-refractivity contribution in [1.29, 1.82) is 0 Å². The highest BCUT2D eigenvalue weighted by molar-refractivity contribution is 6.15. The first kappa shape index (κ1) is 18.2. The van der Waals surface area contributed by atoms with Crippen LogP contribution in [0.3, 0.4) is 0 Å². The van der Waals surface area contributed by atoms with E-state index in [1.807, 2.05) is 4.90 Å². The standard InChI is InChI=1S/C15H23NO6/c1-15(2)21-13(17)12(14(18)22-15)6-5-7-16(8-10-19-3)9-11-20-4/h5-7H,8-11H2,1-4H3/b7-5-. The first-order valence-corrected chi connectivity index (χ1v) is 6.96. The molecule has 0 amide bonds. The molecule has 1 aliphatic rings. The predicted octanol–water partition coefficient (Wildman–Crippen LogP) is 0.857. The van der Waals surface area contributed by atoms with E-state index in [0.717, 1.165) is 0 Å². The van der Waals surface area contributed by atoms with Crippen LogP contribution < -0.4 is 0 Å². The third kappa shape index (κ3) is 5.87. The zero-order valence-electron chi connectivity index (χ0n) is 13.5. The van der Waals surface area contributed by atoms with Crippen LogP contribution in [-0.4, -0.2) is 63.1 Å². The summed E-state index contributed by atoms with van der Waals surface area (Å²) in [5.74, 6) is -2.60. The molecule has 0 radical (unpaired) electrons. The Balaban J connectivity index is 2.70. The predicted molar refractivity (Wildman–Crippen MR) is 78.8 cm³/mol. The first-order chi connectivity index (χ1) is 10.4. The van der Waals surface area contributed by atoms with Gasteiger partial charge in [0.25, 0.3) is 5.79 Å². The van der Waals surface area contributed by atoms with E-state index in [9.17, 15) is 9.59 Å². The zero-order chi connectivity index (χ0) is 16.6. The first-order valence-electron chi connectivity index (χ1n) is 6.96. The summed E-state index contributed by atoms with van der Waals surface area (Å²) in [5, 5.41) is 0. The molecule has 1 saturated heterocycles. The number of rotatable bonds is 8. The van der Waals surface area contributed by atoms with Crippen molar-refractivity contribution in [2.75, 3.05) is 40.5 Å². The number of carbonyl (C=O) groups is 2. The summed E-state index contributed by atoms with van der Waals surface area (Å²) >= 11 is 0. The molecule has 0 aliphatic carbocycles. The minimum atomic E-state index is -1.22. The van der Waals surface area contributed by atoms with Gasteiger partial charge < -0.3 is 23.8 Å². The molecule has 0 spiro atoms. The van der Waals surface area contributed by atoms with Gasteiger partial charge in [-0.05, 0) is 18.4 Å². The van der Waals surface area contributed by atoms with E-state index in [-0.39, 0.29) is 5.57 Å². The van der Waals surface area contributed by atoms with Crippen LogP contribution in [0, 0.1) is 0 Å². The number of esters is 2. The summed E-state index contributed by atoms with van der Waals surface area (Å²) < 4.78 is 20.1. The number of nitrogens with zero attached hydrogens (tertiary/aromatic N) is 1. The molecule has 0 atom stereocenters. The number of hydrogen-bond acceptors (Lipinski definition) is 7. The van der Waals surface area contributed by atoms with Gasteiger partial charge in [0.15, 0.2) is 0 Å². The molecule has 7 heteroatoms. The summed E-state index contributed by atoms with van der Waals surface area (Å²) in [6, 6.07) is 0. The summed E-state index contributed by atoms with van der Waals surface area (Å²) in [7, 11) is 3.24. The van der Waals surface area contributed by atoms with E-state index in [1.54, 1.807) is 26.5 Å². The van der Waals surface area contributed by atoms with Gasteiger partial charge in [-0.2, -0.15) is 0 Å². The van der Waals surface area contributed by atoms with Crippen LogP contribution in [0.5, 0.6) is 0 Å². The third-order valence-corrected chi connectivity index (χ3v) is 2.84. The number of cyclic esters (lactones) is 2. The Morgan fingerprint density at radius 1 is 1.05 bits per heavy atom. The van der Waals surface area contributed by atoms with Crippen molar-refractivity contribution in [2.24, 2.45) is 0 Å². The van der Waals surface area contributed by atoms with Crippen molar-refractivity contribution < 1.29 is 28.5 Å². The van der Waals surface area contributed by atoms with Gasteiger partial charge in [0.2, 0.25) is 0 Å². The molecule has 0 unspecified atom stereocenters. The van der Waals surface area contributed by atoms with Gasteiger partial charge in [0, 0.05) is 41.2 Å². The molecule has 1 heterocycles. The molecule has 1 rings (SSSR count). The molecule has 7 nitrogen and oxygen atoms in total. The van der Waals surface area contributed by atoms with Gasteiger partial charge in [-0.3, -0.25) is 0 Å². The molecular weight excluding hydrogens is 290 g/mol. The Labute approximate surface area is 130 Å². The molecule has 1 fully saturated rings. The van der Waals surface area contributed by atoms with Gasteiger partial charge in [0.05, 0.1) is 13.2 Å². The fraction of sp³-hybridized carbons (Fsp3) is 0.600. The highest BCUT2D eigenvalue weighted by Gasteiger charge is 2.38. The quantitative estimate of drug-likeness (QED) is 0.374. The van der Waals surface area contributed by atoms with Gasteiger partial charge in [-0.15, -0.1) is 0 Å². The summed E-state index contributed by atoms with van der Waals surface area (Å²) in [5.41, 5.74) is -0.131. The monoisotopic (exact) mass is 313 g/mol. The Morgan fingerprint density at radius 2 is 1.55 bits per heavy atom. The van der Waals surface area contributed by atoms with Crippen LogP contribution in [-0.2, 0) is 28.5 Å². The van der Waals surface area contributed by atoms with Crippen LogP contribution in [0.25, 0.3) is 0 Å². The highest BCUT2D eigenvalue weighted by Crippen LogP contribution is 2.22. The zero-order valence-corrected chi connectivity index (χ0v) is 13.5. The van der Waals surface area contributed by atoms with Crippen LogP contribution in [0.15, 0.2) is 23.9 Å². The SMILES string of the molecule is COCCN(/C=C\C=C1C(=O)OC(C)(C)OC1=O)CCOC. The maximum Gasteiger partial charge on any atom is 0.348 e. The van der Waals surface area contributed by atoms with Crippen LogP contribution in [0.4, 0.5) is 0 Å². The number of carbonyl (C=O) groups excluding carboxylic acids is 2.